The largest absolute Gasteiger partial charge is 0.487 e. The molecule has 1 atom stereocenters. The van der Waals surface area contributed by atoms with Crippen LogP contribution < -0.4 is 10.1 Å². The summed E-state index contributed by atoms with van der Waals surface area (Å²) >= 11 is 0. The lowest BCUT2D eigenvalue weighted by Gasteiger charge is -2.12. The van der Waals surface area contributed by atoms with E-state index in [0.717, 1.165) is 12.3 Å². The fourth-order valence-corrected chi connectivity index (χ4v) is 1.31. The zero-order valence-corrected chi connectivity index (χ0v) is 10.4. The van der Waals surface area contributed by atoms with Gasteiger partial charge in [-0.1, -0.05) is 38.6 Å². The van der Waals surface area contributed by atoms with Crippen molar-refractivity contribution in [2.45, 2.75) is 39.5 Å². The van der Waals surface area contributed by atoms with E-state index in [1.165, 1.54) is 5.56 Å². The summed E-state index contributed by atoms with van der Waals surface area (Å²) in [5, 5.41) is 3.38. The predicted octanol–water partition coefficient (Wildman–Crippen LogP) is 3.14. The molecule has 88 valence electrons. The van der Waals surface area contributed by atoms with Gasteiger partial charge in [-0.05, 0) is 24.6 Å². The molecule has 1 aromatic rings. The smallest absolute Gasteiger partial charge is 0.120 e. The first-order valence-electron chi connectivity index (χ1n) is 5.73. The molecule has 0 radical (unpaired) electrons. The number of nitrogens with one attached hydrogen (secondary N) is 1. The van der Waals surface area contributed by atoms with E-state index < -0.39 is 0 Å². The van der Waals surface area contributed by atoms with Crippen LogP contribution in [0.3, 0.4) is 0 Å². The molecule has 0 saturated heterocycles. The molecule has 0 aliphatic carbocycles. The lowest BCUT2D eigenvalue weighted by Crippen LogP contribution is -2.21. The summed E-state index contributed by atoms with van der Waals surface area (Å²) in [6.07, 6.45) is 1.84. The molecule has 1 unspecified atom stereocenters. The van der Waals surface area contributed by atoms with Crippen LogP contribution in [0.5, 0.6) is 5.75 Å². The Balaban J connectivity index is 2.60. The Labute approximate surface area is 98.3 Å². The van der Waals surface area contributed by atoms with Crippen molar-refractivity contribution in [2.24, 2.45) is 0 Å². The van der Waals surface area contributed by atoms with Gasteiger partial charge in [0.05, 0.1) is 0 Å². The predicted molar refractivity (Wildman–Crippen MR) is 68.7 cm³/mol. The van der Waals surface area contributed by atoms with Crippen molar-refractivity contribution in [3.8, 4) is 5.75 Å². The molecule has 16 heavy (non-hydrogen) atoms. The van der Waals surface area contributed by atoms with Gasteiger partial charge in [0.1, 0.15) is 11.9 Å². The van der Waals surface area contributed by atoms with E-state index in [2.05, 4.69) is 37.9 Å². The standard InChI is InChI=1S/C14H21NO/c1-5-12(4)16-14-8-6-7-13(9-14)10-15-11(2)3/h5-9,11-12,15H,1,10H2,2-4H3. The van der Waals surface area contributed by atoms with Gasteiger partial charge in [-0.15, -0.1) is 0 Å². The van der Waals surface area contributed by atoms with Gasteiger partial charge in [-0.3, -0.25) is 0 Å². The molecule has 0 bridgehead atoms. The molecule has 0 heterocycles. The van der Waals surface area contributed by atoms with E-state index in [4.69, 9.17) is 4.74 Å². The van der Waals surface area contributed by atoms with E-state index >= 15 is 0 Å². The Bertz CT molecular complexity index is 333. The average Bonchev–Trinajstić information content (AvgIpc) is 2.26. The van der Waals surface area contributed by atoms with E-state index in [1.54, 1.807) is 6.08 Å². The minimum Gasteiger partial charge on any atom is -0.487 e. The minimum absolute atomic E-state index is 0.0494. The summed E-state index contributed by atoms with van der Waals surface area (Å²) in [4.78, 5) is 0. The zero-order valence-electron chi connectivity index (χ0n) is 10.4. The van der Waals surface area contributed by atoms with Crippen molar-refractivity contribution in [2.75, 3.05) is 0 Å². The lowest BCUT2D eigenvalue weighted by atomic mass is 10.2. The van der Waals surface area contributed by atoms with Crippen LogP contribution in [0.25, 0.3) is 0 Å². The highest BCUT2D eigenvalue weighted by Crippen LogP contribution is 2.15. The second-order valence-electron chi connectivity index (χ2n) is 4.24. The summed E-state index contributed by atoms with van der Waals surface area (Å²) in [7, 11) is 0. The maximum atomic E-state index is 5.67. The molecule has 0 amide bonds. The van der Waals surface area contributed by atoms with E-state index in [-0.39, 0.29) is 6.10 Å². The number of hydrogen-bond acceptors (Lipinski definition) is 2. The molecule has 0 spiro atoms. The van der Waals surface area contributed by atoms with Crippen molar-refractivity contribution in [1.29, 1.82) is 0 Å². The molecule has 2 heteroatoms. The monoisotopic (exact) mass is 219 g/mol. The topological polar surface area (TPSA) is 21.3 Å². The first kappa shape index (κ1) is 12.8. The van der Waals surface area contributed by atoms with Gasteiger partial charge in [0, 0.05) is 12.6 Å². The van der Waals surface area contributed by atoms with Gasteiger partial charge in [-0.25, -0.2) is 0 Å². The quantitative estimate of drug-likeness (QED) is 0.742. The van der Waals surface area contributed by atoms with Gasteiger partial charge in [-0.2, -0.15) is 0 Å². The molecule has 0 saturated carbocycles. The number of ether oxygens (including phenoxy) is 1. The highest BCUT2D eigenvalue weighted by atomic mass is 16.5. The molecular formula is C14H21NO. The molecule has 0 aliphatic heterocycles. The van der Waals surface area contributed by atoms with Crippen LogP contribution in [-0.2, 0) is 6.54 Å². The summed E-state index contributed by atoms with van der Waals surface area (Å²) in [5.41, 5.74) is 1.24. The van der Waals surface area contributed by atoms with Crippen molar-refractivity contribution in [3.05, 3.63) is 42.5 Å². The van der Waals surface area contributed by atoms with Gasteiger partial charge >= 0.3 is 0 Å². The maximum Gasteiger partial charge on any atom is 0.120 e. The Hall–Kier alpha value is -1.28. The van der Waals surface area contributed by atoms with Crippen LogP contribution >= 0.6 is 0 Å². The Kier molecular flexibility index (Phi) is 5.06. The van der Waals surface area contributed by atoms with Crippen LogP contribution in [0.15, 0.2) is 36.9 Å². The van der Waals surface area contributed by atoms with Crippen molar-refractivity contribution < 1.29 is 4.74 Å². The maximum absolute atomic E-state index is 5.67. The zero-order chi connectivity index (χ0) is 12.0. The number of hydrogen-bond donors (Lipinski definition) is 1. The van der Waals surface area contributed by atoms with E-state index in [9.17, 15) is 0 Å². The van der Waals surface area contributed by atoms with Crippen LogP contribution in [0.2, 0.25) is 0 Å². The van der Waals surface area contributed by atoms with Crippen molar-refractivity contribution >= 4 is 0 Å². The molecular weight excluding hydrogens is 198 g/mol. The molecule has 0 aliphatic rings. The van der Waals surface area contributed by atoms with Gasteiger partial charge in [0.2, 0.25) is 0 Å². The fraction of sp³-hybridized carbons (Fsp3) is 0.429. The summed E-state index contributed by atoms with van der Waals surface area (Å²) in [5.74, 6) is 0.899. The molecule has 1 rings (SSSR count). The van der Waals surface area contributed by atoms with Crippen molar-refractivity contribution in [1.82, 2.24) is 5.32 Å². The summed E-state index contributed by atoms with van der Waals surface area (Å²) in [6, 6.07) is 8.65. The average molecular weight is 219 g/mol. The third-order valence-electron chi connectivity index (χ3n) is 2.27. The summed E-state index contributed by atoms with van der Waals surface area (Å²) in [6.45, 7) is 10.8. The SMILES string of the molecule is C=CC(C)Oc1cccc(CNC(C)C)c1. The van der Waals surface area contributed by atoms with Crippen LogP contribution in [0.1, 0.15) is 26.3 Å². The first-order valence-corrected chi connectivity index (χ1v) is 5.73. The molecule has 2 nitrogen and oxygen atoms in total. The highest BCUT2D eigenvalue weighted by molar-refractivity contribution is 5.28. The van der Waals surface area contributed by atoms with Crippen LogP contribution in [-0.4, -0.2) is 12.1 Å². The molecule has 1 aromatic carbocycles. The highest BCUT2D eigenvalue weighted by Gasteiger charge is 2.01. The van der Waals surface area contributed by atoms with E-state index in [0.29, 0.717) is 6.04 Å². The first-order chi connectivity index (χ1) is 7.61. The normalized spacial score (nSPS) is 12.5. The van der Waals surface area contributed by atoms with Crippen LogP contribution in [0.4, 0.5) is 0 Å². The van der Waals surface area contributed by atoms with Crippen molar-refractivity contribution in [3.63, 3.8) is 0 Å². The Morgan fingerprint density at radius 1 is 1.38 bits per heavy atom. The van der Waals surface area contributed by atoms with Gasteiger partial charge in [0.15, 0.2) is 0 Å². The fourth-order valence-electron chi connectivity index (χ4n) is 1.31. The van der Waals surface area contributed by atoms with E-state index in [1.807, 2.05) is 19.1 Å². The third-order valence-corrected chi connectivity index (χ3v) is 2.27. The number of benzene rings is 1. The molecule has 0 aromatic heterocycles. The van der Waals surface area contributed by atoms with Crippen LogP contribution in [0, 0.1) is 0 Å². The Morgan fingerprint density at radius 2 is 2.12 bits per heavy atom. The second-order valence-corrected chi connectivity index (χ2v) is 4.24. The van der Waals surface area contributed by atoms with Gasteiger partial charge < -0.3 is 10.1 Å². The second kappa shape index (κ2) is 6.33. The third kappa shape index (κ3) is 4.49. The minimum atomic E-state index is 0.0494. The van der Waals surface area contributed by atoms with Gasteiger partial charge in [0.25, 0.3) is 0 Å². The molecule has 0 fully saturated rings. The summed E-state index contributed by atoms with van der Waals surface area (Å²) < 4.78 is 5.67. The Morgan fingerprint density at radius 3 is 2.75 bits per heavy atom. The number of rotatable bonds is 6. The lowest BCUT2D eigenvalue weighted by molar-refractivity contribution is 0.270. The molecule has 1 N–H and O–H groups in total.